The molecule has 4 fully saturated rings. The molecule has 6 rings (SSSR count). The quantitative estimate of drug-likeness (QED) is 0.670. The highest BCUT2D eigenvalue weighted by atomic mass is 35.5. The fourth-order valence-electron chi connectivity index (χ4n) is 5.63. The van der Waals surface area contributed by atoms with Gasteiger partial charge in [-0.25, -0.2) is 4.98 Å². The highest BCUT2D eigenvalue weighted by Crippen LogP contribution is 2.60. The number of aromatic nitrogens is 2. The summed E-state index contributed by atoms with van der Waals surface area (Å²) in [6.07, 6.45) is 8.24. The molecule has 8 heteroatoms. The molecule has 2 aromatic rings. The minimum absolute atomic E-state index is 0.0288. The smallest absolute Gasteiger partial charge is 0.276 e. The first-order chi connectivity index (χ1) is 15.4. The van der Waals surface area contributed by atoms with Crippen LogP contribution >= 0.6 is 11.6 Å². The molecule has 0 radical (unpaired) electrons. The number of imidazole rings is 1. The number of halogens is 1. The van der Waals surface area contributed by atoms with Gasteiger partial charge in [0.15, 0.2) is 11.3 Å². The molecule has 4 aliphatic rings. The van der Waals surface area contributed by atoms with Crippen LogP contribution in [0.15, 0.2) is 12.3 Å². The number of rotatable bonds is 6. The van der Waals surface area contributed by atoms with Gasteiger partial charge in [-0.05, 0) is 67.4 Å². The molecular formula is C24H30ClN5O2. The highest BCUT2D eigenvalue weighted by molar-refractivity contribution is 6.33. The summed E-state index contributed by atoms with van der Waals surface area (Å²) in [5, 5.41) is 0.328. The third-order valence-electron chi connectivity index (χ3n) is 7.96. The zero-order valence-electron chi connectivity index (χ0n) is 18.8. The molecule has 3 atom stereocenters. The van der Waals surface area contributed by atoms with Crippen LogP contribution in [0.4, 0.5) is 5.69 Å². The first kappa shape index (κ1) is 20.3. The lowest BCUT2D eigenvalue weighted by Gasteiger charge is -2.35. The standard InChI is InChI=1S/C24H30ClN5O2/c1-27(2)19-11-17(14-3-4-14)12-30-22(25)21(26-23(19)30)24(32)29-8-7-28(20(31)13-29)6-5-15-9-16-10-18(15)16/h11-12,14-16,18H,3-10,13H2,1-2H3. The van der Waals surface area contributed by atoms with Gasteiger partial charge in [0.05, 0.1) is 5.69 Å². The van der Waals surface area contributed by atoms with E-state index in [2.05, 4.69) is 11.1 Å². The van der Waals surface area contributed by atoms with Crippen molar-refractivity contribution in [2.75, 3.05) is 45.2 Å². The molecule has 3 heterocycles. The van der Waals surface area contributed by atoms with Crippen LogP contribution in [0.3, 0.4) is 0 Å². The number of piperazine rings is 1. The summed E-state index contributed by atoms with van der Waals surface area (Å²) in [5.74, 6) is 3.08. The number of anilines is 1. The molecule has 3 saturated carbocycles. The van der Waals surface area contributed by atoms with E-state index in [1.165, 1.54) is 31.2 Å². The fourth-order valence-corrected chi connectivity index (χ4v) is 5.89. The molecule has 1 aliphatic heterocycles. The Hall–Kier alpha value is -2.28. The van der Waals surface area contributed by atoms with Gasteiger partial charge in [0.25, 0.3) is 5.91 Å². The van der Waals surface area contributed by atoms with Gasteiger partial charge in [0, 0.05) is 39.9 Å². The van der Waals surface area contributed by atoms with Gasteiger partial charge in [0.2, 0.25) is 5.91 Å². The first-order valence-corrected chi connectivity index (χ1v) is 12.2. The molecule has 7 nitrogen and oxygen atoms in total. The molecule has 170 valence electrons. The zero-order valence-corrected chi connectivity index (χ0v) is 19.5. The van der Waals surface area contributed by atoms with Crippen LogP contribution in [0.2, 0.25) is 5.15 Å². The van der Waals surface area contributed by atoms with E-state index in [1.807, 2.05) is 34.5 Å². The van der Waals surface area contributed by atoms with Crippen molar-refractivity contribution in [2.45, 2.75) is 38.0 Å². The monoisotopic (exact) mass is 455 g/mol. The van der Waals surface area contributed by atoms with Crippen LogP contribution < -0.4 is 4.90 Å². The lowest BCUT2D eigenvalue weighted by atomic mass is 9.83. The Morgan fingerprint density at radius 2 is 2.06 bits per heavy atom. The van der Waals surface area contributed by atoms with Gasteiger partial charge in [-0.15, -0.1) is 0 Å². The molecular weight excluding hydrogens is 426 g/mol. The number of hydrogen-bond acceptors (Lipinski definition) is 4. The zero-order chi connectivity index (χ0) is 22.1. The number of carbonyl (C=O) groups is 2. The minimum Gasteiger partial charge on any atom is -0.375 e. The van der Waals surface area contributed by atoms with Gasteiger partial charge in [-0.1, -0.05) is 11.6 Å². The molecule has 2 aromatic heterocycles. The van der Waals surface area contributed by atoms with Gasteiger partial charge in [-0.2, -0.15) is 0 Å². The van der Waals surface area contributed by atoms with Gasteiger partial charge in [-0.3, -0.25) is 14.0 Å². The summed E-state index contributed by atoms with van der Waals surface area (Å²) in [5.41, 5.74) is 3.09. The van der Waals surface area contributed by atoms with E-state index in [0.29, 0.717) is 29.8 Å². The van der Waals surface area contributed by atoms with Crippen LogP contribution in [-0.4, -0.2) is 71.3 Å². The van der Waals surface area contributed by atoms with E-state index in [4.69, 9.17) is 11.6 Å². The van der Waals surface area contributed by atoms with Crippen LogP contribution in [0, 0.1) is 17.8 Å². The van der Waals surface area contributed by atoms with E-state index < -0.39 is 0 Å². The molecule has 3 aliphatic carbocycles. The fraction of sp³-hybridized carbons (Fsp3) is 0.625. The molecule has 32 heavy (non-hydrogen) atoms. The van der Waals surface area contributed by atoms with Crippen molar-refractivity contribution in [2.24, 2.45) is 17.8 Å². The Kier molecular flexibility index (Phi) is 4.68. The maximum Gasteiger partial charge on any atom is 0.276 e. The predicted octanol–water partition coefficient (Wildman–Crippen LogP) is 3.26. The van der Waals surface area contributed by atoms with Gasteiger partial charge >= 0.3 is 0 Å². The molecule has 1 saturated heterocycles. The Morgan fingerprint density at radius 1 is 1.25 bits per heavy atom. The molecule has 3 unspecified atom stereocenters. The summed E-state index contributed by atoms with van der Waals surface area (Å²) in [6, 6.07) is 2.15. The van der Waals surface area contributed by atoms with Crippen molar-refractivity contribution in [3.05, 3.63) is 28.7 Å². The average Bonchev–Trinajstić information content (AvgIpc) is 3.68. The average molecular weight is 456 g/mol. The predicted molar refractivity (Wildman–Crippen MR) is 123 cm³/mol. The SMILES string of the molecule is CN(C)c1cc(C2CC2)cn2c(Cl)c(C(=O)N3CCN(CCC4CC5CC45)C(=O)C3)nc12. The Bertz CT molecular complexity index is 1110. The number of fused-ring (bicyclic) bond motifs is 2. The van der Waals surface area contributed by atoms with Crippen molar-refractivity contribution in [3.63, 3.8) is 0 Å². The second-order valence-corrected chi connectivity index (χ2v) is 10.7. The maximum atomic E-state index is 13.3. The molecule has 0 spiro atoms. The van der Waals surface area contributed by atoms with Crippen LogP contribution in [0.25, 0.3) is 5.65 Å². The molecule has 0 N–H and O–H groups in total. The van der Waals surface area contributed by atoms with Gasteiger partial charge < -0.3 is 14.7 Å². The third kappa shape index (κ3) is 3.36. The summed E-state index contributed by atoms with van der Waals surface area (Å²) in [7, 11) is 3.95. The first-order valence-electron chi connectivity index (χ1n) is 11.9. The second-order valence-electron chi connectivity index (χ2n) is 10.3. The molecule has 2 amide bonds. The second kappa shape index (κ2) is 7.37. The summed E-state index contributed by atoms with van der Waals surface area (Å²) in [4.78, 5) is 36.2. The van der Waals surface area contributed by atoms with E-state index in [-0.39, 0.29) is 24.1 Å². The van der Waals surface area contributed by atoms with Crippen molar-refractivity contribution in [3.8, 4) is 0 Å². The number of amides is 2. The molecule has 0 aromatic carbocycles. The Morgan fingerprint density at radius 3 is 2.69 bits per heavy atom. The third-order valence-corrected chi connectivity index (χ3v) is 8.32. The topological polar surface area (TPSA) is 61.2 Å². The number of carbonyl (C=O) groups excluding carboxylic acids is 2. The van der Waals surface area contributed by atoms with Crippen molar-refractivity contribution in [1.29, 1.82) is 0 Å². The van der Waals surface area contributed by atoms with E-state index >= 15 is 0 Å². The normalized spacial score (nSPS) is 26.8. The largest absolute Gasteiger partial charge is 0.375 e. The number of nitrogens with zero attached hydrogens (tertiary/aromatic N) is 5. The van der Waals surface area contributed by atoms with Crippen molar-refractivity contribution in [1.82, 2.24) is 19.2 Å². The van der Waals surface area contributed by atoms with E-state index in [0.717, 1.165) is 36.4 Å². The minimum atomic E-state index is -0.260. The molecule has 0 bridgehead atoms. The highest BCUT2D eigenvalue weighted by Gasteiger charge is 2.52. The van der Waals surface area contributed by atoms with Gasteiger partial charge in [0.1, 0.15) is 11.7 Å². The lowest BCUT2D eigenvalue weighted by molar-refractivity contribution is -0.135. The van der Waals surface area contributed by atoms with Crippen LogP contribution in [0.1, 0.15) is 54.1 Å². The Labute approximate surface area is 193 Å². The maximum absolute atomic E-state index is 13.3. The van der Waals surface area contributed by atoms with Crippen LogP contribution in [-0.2, 0) is 4.79 Å². The lowest BCUT2D eigenvalue weighted by Crippen LogP contribution is -2.52. The van der Waals surface area contributed by atoms with E-state index in [1.54, 1.807) is 4.90 Å². The van der Waals surface area contributed by atoms with Crippen molar-refractivity contribution < 1.29 is 9.59 Å². The number of pyridine rings is 1. The van der Waals surface area contributed by atoms with Crippen molar-refractivity contribution >= 4 is 34.7 Å². The Balaban J connectivity index is 1.19. The van der Waals surface area contributed by atoms with E-state index in [9.17, 15) is 9.59 Å². The summed E-state index contributed by atoms with van der Waals surface area (Å²) < 4.78 is 1.83. The summed E-state index contributed by atoms with van der Waals surface area (Å²) >= 11 is 6.67. The number of hydrogen-bond donors (Lipinski definition) is 0. The van der Waals surface area contributed by atoms with Crippen LogP contribution in [0.5, 0.6) is 0 Å². The summed E-state index contributed by atoms with van der Waals surface area (Å²) in [6.45, 7) is 2.04.